The van der Waals surface area contributed by atoms with E-state index < -0.39 is 11.9 Å². The Hall–Kier alpha value is -4.54. The third-order valence-corrected chi connectivity index (χ3v) is 9.24. The van der Waals surface area contributed by atoms with Gasteiger partial charge in [0.1, 0.15) is 13.1 Å². The van der Waals surface area contributed by atoms with Crippen LogP contribution in [-0.4, -0.2) is 106 Å². The van der Waals surface area contributed by atoms with Crippen molar-refractivity contribution in [2.75, 3.05) is 55.4 Å². The van der Waals surface area contributed by atoms with Crippen LogP contribution in [0.3, 0.4) is 0 Å². The lowest BCUT2D eigenvalue weighted by Crippen LogP contribution is -2.36. The molecule has 0 aliphatic carbocycles. The Morgan fingerprint density at radius 3 is 1.35 bits per heavy atom. The summed E-state index contributed by atoms with van der Waals surface area (Å²) in [6.07, 6.45) is 0.695. The van der Waals surface area contributed by atoms with E-state index >= 15 is 0 Å². The van der Waals surface area contributed by atoms with Crippen molar-refractivity contribution >= 4 is 56.3 Å². The first-order valence-electron chi connectivity index (χ1n) is 16.5. The molecule has 5 rings (SSSR count). The number of nitrogens with zero attached hydrogens (tertiary/aromatic N) is 4. The van der Waals surface area contributed by atoms with Crippen molar-refractivity contribution < 1.29 is 28.8 Å². The minimum atomic E-state index is -0.861. The number of fused-ring (bicyclic) bond motifs is 8. The van der Waals surface area contributed by atoms with Gasteiger partial charge in [0, 0.05) is 46.1 Å². The molecule has 0 unspecified atom stereocenters. The minimum Gasteiger partial charge on any atom is -0.481 e. The van der Waals surface area contributed by atoms with Crippen molar-refractivity contribution in [2.24, 2.45) is 0 Å². The zero-order valence-electron chi connectivity index (χ0n) is 30.1. The van der Waals surface area contributed by atoms with E-state index in [4.69, 9.17) is 9.97 Å². The van der Waals surface area contributed by atoms with Crippen LogP contribution < -0.4 is 0 Å². The highest BCUT2D eigenvalue weighted by molar-refractivity contribution is 5.96. The van der Waals surface area contributed by atoms with Crippen LogP contribution in [0.2, 0.25) is 0 Å². The number of rotatable bonds is 10. The monoisotopic (exact) mass is 654 g/mol. The zero-order chi connectivity index (χ0) is 35.3. The molecule has 3 aromatic heterocycles. The molecule has 0 saturated carbocycles. The molecule has 48 heavy (non-hydrogen) atoms. The number of carboxylic acid groups (broad SMARTS) is 2. The van der Waals surface area contributed by atoms with Gasteiger partial charge in [0.2, 0.25) is 0 Å². The summed E-state index contributed by atoms with van der Waals surface area (Å²) < 4.78 is 1.47. The maximum atomic E-state index is 11.7. The number of carbonyl (C=O) groups is 2. The van der Waals surface area contributed by atoms with E-state index in [2.05, 4.69) is 84.3 Å². The van der Waals surface area contributed by atoms with Crippen LogP contribution in [0.25, 0.3) is 44.4 Å². The molecule has 254 valence electrons. The fourth-order valence-electron chi connectivity index (χ4n) is 6.67. The number of aryl methyl sites for hydroxylation is 4. The second-order valence-electron chi connectivity index (χ2n) is 15.3. The van der Waals surface area contributed by atoms with E-state index in [1.54, 1.807) is 0 Å². The molecule has 0 saturated heterocycles. The Balaban J connectivity index is 1.95. The van der Waals surface area contributed by atoms with Gasteiger partial charge in [-0.3, -0.25) is 9.59 Å². The number of aromatic amines is 2. The van der Waals surface area contributed by atoms with Gasteiger partial charge in [0.05, 0.1) is 65.1 Å². The number of hydrogen-bond acceptors (Lipinski definition) is 4. The van der Waals surface area contributed by atoms with Gasteiger partial charge in [-0.25, -0.2) is 9.97 Å². The molecule has 0 atom stereocenters. The molecule has 2 aliphatic rings. The molecule has 10 nitrogen and oxygen atoms in total. The summed E-state index contributed by atoms with van der Waals surface area (Å²) in [7, 11) is 13.0. The topological polar surface area (TPSA) is 132 Å². The summed E-state index contributed by atoms with van der Waals surface area (Å²) in [6, 6.07) is 8.28. The van der Waals surface area contributed by atoms with Crippen LogP contribution in [0.15, 0.2) is 24.3 Å². The number of nitrogens with one attached hydrogen (secondary N) is 2. The number of quaternary nitrogens is 2. The van der Waals surface area contributed by atoms with Gasteiger partial charge in [-0.2, -0.15) is 0 Å². The summed E-state index contributed by atoms with van der Waals surface area (Å²) in [5.41, 5.74) is 15.2. The molecular weight excluding hydrogens is 604 g/mol. The summed E-state index contributed by atoms with van der Waals surface area (Å²) in [5.74, 6) is -1.72. The molecule has 8 bridgehead atoms. The Morgan fingerprint density at radius 2 is 0.958 bits per heavy atom. The van der Waals surface area contributed by atoms with Crippen molar-refractivity contribution in [1.82, 2.24) is 19.9 Å². The van der Waals surface area contributed by atoms with Gasteiger partial charge in [-0.05, 0) is 98.2 Å². The average Bonchev–Trinajstić information content (AvgIpc) is 3.60. The molecule has 3 aromatic rings. The first kappa shape index (κ1) is 34.8. The van der Waals surface area contributed by atoms with Crippen molar-refractivity contribution in [2.45, 2.75) is 53.4 Å². The lowest BCUT2D eigenvalue weighted by molar-refractivity contribution is -0.862. The van der Waals surface area contributed by atoms with Crippen LogP contribution in [0.4, 0.5) is 0 Å². The highest BCUT2D eigenvalue weighted by atomic mass is 16.4. The number of carboxylic acids is 2. The Kier molecular flexibility index (Phi) is 9.29. The SMILES string of the molecule is CC1=C(C[N+](C)(C)C)c2cc3nc(cc4[nH]c(cc5[nH]c(cc1n2)c(C)c5CCC(=O)O)c(CCC(=O)O)c4C)C(C[N+](C)(C)C)=C3C. The van der Waals surface area contributed by atoms with Crippen LogP contribution >= 0.6 is 0 Å². The lowest BCUT2D eigenvalue weighted by Gasteiger charge is -2.25. The fourth-order valence-corrected chi connectivity index (χ4v) is 6.67. The number of allylic oxidation sites excluding steroid dienone is 2. The number of hydrogen-bond donors (Lipinski definition) is 4. The van der Waals surface area contributed by atoms with E-state index in [9.17, 15) is 19.8 Å². The Labute approximate surface area is 282 Å². The molecule has 0 aromatic carbocycles. The van der Waals surface area contributed by atoms with Gasteiger partial charge < -0.3 is 29.1 Å². The lowest BCUT2D eigenvalue weighted by atomic mass is 10.0. The normalized spacial score (nSPS) is 13.9. The first-order valence-corrected chi connectivity index (χ1v) is 16.5. The molecule has 0 radical (unpaired) electrons. The van der Waals surface area contributed by atoms with Crippen molar-refractivity contribution in [1.29, 1.82) is 0 Å². The van der Waals surface area contributed by atoms with Crippen molar-refractivity contribution in [3.8, 4) is 0 Å². The highest BCUT2D eigenvalue weighted by Crippen LogP contribution is 2.36. The maximum Gasteiger partial charge on any atom is 0.303 e. The highest BCUT2D eigenvalue weighted by Gasteiger charge is 2.27. The first-order chi connectivity index (χ1) is 22.3. The molecule has 4 N–H and O–H groups in total. The third kappa shape index (κ3) is 7.45. The average molecular weight is 655 g/mol. The molecular formula is C38H50N6O4+2. The van der Waals surface area contributed by atoms with Gasteiger partial charge in [-0.15, -0.1) is 0 Å². The minimum absolute atomic E-state index is 0.00672. The Bertz CT molecular complexity index is 2050. The fraction of sp³-hybridized carbons (Fsp3) is 0.421. The van der Waals surface area contributed by atoms with Crippen LogP contribution in [0.5, 0.6) is 0 Å². The zero-order valence-corrected chi connectivity index (χ0v) is 30.1. The molecule has 0 fully saturated rings. The standard InChI is InChI=1S/C38H48N6O4/c1-21-25(11-13-37(45)46)33-18-34-26(12-14-38(47)48)22(2)31(40-34)16-35-28(20-44(8,9)10)24(4)32(42-35)17-36-27(19-43(5,6)7)23(3)30(41-36)15-29(21)39-33/h15-18H,11-14,19-20H2,1-10H3,(H2-2,39,40,41,42,45,46,47,48)/p+2. The number of aliphatic carboxylic acids is 2. The summed E-state index contributed by atoms with van der Waals surface area (Å²) in [4.78, 5) is 41.0. The van der Waals surface area contributed by atoms with Crippen LogP contribution in [0, 0.1) is 13.8 Å². The molecule has 10 heteroatoms. The smallest absolute Gasteiger partial charge is 0.303 e. The molecule has 2 aliphatic heterocycles. The van der Waals surface area contributed by atoms with Gasteiger partial charge >= 0.3 is 11.9 Å². The Morgan fingerprint density at radius 1 is 0.583 bits per heavy atom. The predicted octanol–water partition coefficient (Wildman–Crippen LogP) is 6.24. The van der Waals surface area contributed by atoms with Gasteiger partial charge in [-0.1, -0.05) is 0 Å². The van der Waals surface area contributed by atoms with E-state index in [0.29, 0.717) is 12.8 Å². The summed E-state index contributed by atoms with van der Waals surface area (Å²) in [5, 5.41) is 19.2. The number of H-pyrrole nitrogens is 2. The summed E-state index contributed by atoms with van der Waals surface area (Å²) in [6.45, 7) is 9.86. The molecule has 0 amide bonds. The maximum absolute atomic E-state index is 11.7. The molecule has 0 spiro atoms. The van der Waals surface area contributed by atoms with E-state index in [1.165, 1.54) is 5.57 Å². The van der Waals surface area contributed by atoms with E-state index in [1.807, 2.05) is 19.9 Å². The summed E-state index contributed by atoms with van der Waals surface area (Å²) >= 11 is 0. The van der Waals surface area contributed by atoms with E-state index in [0.717, 1.165) is 106 Å². The number of likely N-dealkylation sites (N-methyl/N-ethyl adjacent to an activating group) is 2. The van der Waals surface area contributed by atoms with Crippen molar-refractivity contribution in [3.63, 3.8) is 0 Å². The molecule has 5 heterocycles. The quantitative estimate of drug-likeness (QED) is 0.192. The third-order valence-electron chi connectivity index (χ3n) is 9.24. The van der Waals surface area contributed by atoms with Crippen LogP contribution in [0.1, 0.15) is 71.7 Å². The van der Waals surface area contributed by atoms with Crippen molar-refractivity contribution in [3.05, 3.63) is 69.3 Å². The second-order valence-corrected chi connectivity index (χ2v) is 15.3. The number of aromatic nitrogens is 4. The van der Waals surface area contributed by atoms with Gasteiger partial charge in [0.15, 0.2) is 0 Å². The predicted molar refractivity (Wildman–Crippen MR) is 193 cm³/mol. The van der Waals surface area contributed by atoms with Crippen LogP contribution in [-0.2, 0) is 22.4 Å². The van der Waals surface area contributed by atoms with Gasteiger partial charge in [0.25, 0.3) is 0 Å². The second kappa shape index (κ2) is 12.8. The largest absolute Gasteiger partial charge is 0.481 e. The van der Waals surface area contributed by atoms with E-state index in [-0.39, 0.29) is 12.8 Å².